The molecule has 1 atom stereocenters. The molecule has 1 aliphatic rings. The smallest absolute Gasteiger partial charge is 0.414 e. The standard InChI is InChI=1S/C14H14FN3O4/c15-11-3-1-10(2-4-11)8-21-9-12-5-6-17-7-13(18(19)20)16-14(17)22-12/h1-4,7,12H,5-6,8-9H2/t12-/m1/s1. The molecule has 0 saturated heterocycles. The second-order valence-corrected chi connectivity index (χ2v) is 5.00. The van der Waals surface area contributed by atoms with Crippen LogP contribution in [0.15, 0.2) is 30.5 Å². The van der Waals surface area contributed by atoms with E-state index in [-0.39, 0.29) is 23.7 Å². The molecule has 1 aliphatic heterocycles. The van der Waals surface area contributed by atoms with Crippen LogP contribution in [-0.4, -0.2) is 27.2 Å². The predicted molar refractivity (Wildman–Crippen MR) is 74.0 cm³/mol. The van der Waals surface area contributed by atoms with E-state index in [1.54, 1.807) is 16.7 Å². The van der Waals surface area contributed by atoms with E-state index in [9.17, 15) is 14.5 Å². The molecule has 8 heteroatoms. The van der Waals surface area contributed by atoms with Gasteiger partial charge in [-0.15, -0.1) is 0 Å². The number of rotatable bonds is 5. The topological polar surface area (TPSA) is 79.4 Å². The van der Waals surface area contributed by atoms with E-state index in [0.717, 1.165) is 5.56 Å². The summed E-state index contributed by atoms with van der Waals surface area (Å²) in [5.74, 6) is -0.504. The molecule has 0 spiro atoms. The second kappa shape index (κ2) is 6.10. The van der Waals surface area contributed by atoms with Crippen LogP contribution in [0.5, 0.6) is 6.01 Å². The Balaban J connectivity index is 1.52. The normalized spacial score (nSPS) is 16.9. The molecular formula is C14H14FN3O4. The Labute approximate surface area is 125 Å². The third-order valence-electron chi connectivity index (χ3n) is 3.36. The minimum atomic E-state index is -0.547. The predicted octanol–water partition coefficient (Wildman–Crippen LogP) is 2.30. The van der Waals surface area contributed by atoms with Gasteiger partial charge in [-0.25, -0.2) is 4.39 Å². The molecule has 0 radical (unpaired) electrons. The van der Waals surface area contributed by atoms with Crippen molar-refractivity contribution in [2.45, 2.75) is 25.7 Å². The van der Waals surface area contributed by atoms with E-state index in [1.807, 2.05) is 0 Å². The van der Waals surface area contributed by atoms with Crippen LogP contribution in [0.3, 0.4) is 0 Å². The van der Waals surface area contributed by atoms with Crippen molar-refractivity contribution in [1.29, 1.82) is 0 Å². The van der Waals surface area contributed by atoms with Crippen LogP contribution in [0.4, 0.5) is 10.2 Å². The first-order chi connectivity index (χ1) is 10.6. The lowest BCUT2D eigenvalue weighted by Gasteiger charge is -2.21. The zero-order valence-electron chi connectivity index (χ0n) is 11.6. The summed E-state index contributed by atoms with van der Waals surface area (Å²) < 4.78 is 25.5. The van der Waals surface area contributed by atoms with E-state index >= 15 is 0 Å². The van der Waals surface area contributed by atoms with Gasteiger partial charge in [0.1, 0.15) is 18.1 Å². The second-order valence-electron chi connectivity index (χ2n) is 5.00. The fourth-order valence-electron chi connectivity index (χ4n) is 2.23. The Morgan fingerprint density at radius 2 is 2.23 bits per heavy atom. The average molecular weight is 307 g/mol. The van der Waals surface area contributed by atoms with E-state index in [0.29, 0.717) is 26.2 Å². The molecule has 2 heterocycles. The lowest BCUT2D eigenvalue weighted by Crippen LogP contribution is -2.30. The molecule has 0 amide bonds. The van der Waals surface area contributed by atoms with Crippen molar-refractivity contribution >= 4 is 5.82 Å². The lowest BCUT2D eigenvalue weighted by molar-refractivity contribution is -0.389. The van der Waals surface area contributed by atoms with E-state index < -0.39 is 4.92 Å². The zero-order valence-corrected chi connectivity index (χ0v) is 11.6. The maximum atomic E-state index is 12.8. The number of ether oxygens (including phenoxy) is 2. The monoisotopic (exact) mass is 307 g/mol. The molecule has 3 rings (SSSR count). The molecule has 1 aromatic carbocycles. The quantitative estimate of drug-likeness (QED) is 0.625. The summed E-state index contributed by atoms with van der Waals surface area (Å²) >= 11 is 0. The maximum Gasteiger partial charge on any atom is 0.414 e. The Hall–Kier alpha value is -2.48. The Morgan fingerprint density at radius 1 is 1.45 bits per heavy atom. The molecule has 0 bridgehead atoms. The van der Waals surface area contributed by atoms with E-state index in [1.165, 1.54) is 18.3 Å². The molecule has 2 aromatic rings. The van der Waals surface area contributed by atoms with Crippen LogP contribution in [0.25, 0.3) is 0 Å². The van der Waals surface area contributed by atoms with Crippen molar-refractivity contribution in [3.63, 3.8) is 0 Å². The highest BCUT2D eigenvalue weighted by Crippen LogP contribution is 2.24. The number of nitro groups is 1. The van der Waals surface area contributed by atoms with Crippen LogP contribution >= 0.6 is 0 Å². The molecule has 0 aliphatic carbocycles. The van der Waals surface area contributed by atoms with Gasteiger partial charge in [0.25, 0.3) is 0 Å². The first-order valence-electron chi connectivity index (χ1n) is 6.82. The highest BCUT2D eigenvalue weighted by Gasteiger charge is 2.28. The molecule has 1 aromatic heterocycles. The Bertz CT molecular complexity index is 671. The average Bonchev–Trinajstić information content (AvgIpc) is 2.93. The summed E-state index contributed by atoms with van der Waals surface area (Å²) in [6.07, 6.45) is 1.85. The lowest BCUT2D eigenvalue weighted by atomic mass is 10.2. The molecule has 22 heavy (non-hydrogen) atoms. The van der Waals surface area contributed by atoms with E-state index in [4.69, 9.17) is 9.47 Å². The summed E-state index contributed by atoms with van der Waals surface area (Å²) in [7, 11) is 0. The number of benzene rings is 1. The minimum absolute atomic E-state index is 0.199. The number of imidazole rings is 1. The van der Waals surface area contributed by atoms with Gasteiger partial charge in [0, 0.05) is 17.9 Å². The van der Waals surface area contributed by atoms with Gasteiger partial charge in [0.15, 0.2) is 0 Å². The van der Waals surface area contributed by atoms with Crippen molar-refractivity contribution in [3.05, 3.63) is 52.0 Å². The first-order valence-corrected chi connectivity index (χ1v) is 6.82. The number of hydrogen-bond acceptors (Lipinski definition) is 5. The Morgan fingerprint density at radius 3 is 2.95 bits per heavy atom. The van der Waals surface area contributed by atoms with Gasteiger partial charge < -0.3 is 19.6 Å². The fraction of sp³-hybridized carbons (Fsp3) is 0.357. The minimum Gasteiger partial charge on any atom is -0.440 e. The number of nitrogens with zero attached hydrogens (tertiary/aromatic N) is 3. The number of halogens is 1. The van der Waals surface area contributed by atoms with Crippen LogP contribution < -0.4 is 4.74 Å². The van der Waals surface area contributed by atoms with Gasteiger partial charge >= 0.3 is 11.8 Å². The van der Waals surface area contributed by atoms with Crippen LogP contribution in [0.2, 0.25) is 0 Å². The van der Waals surface area contributed by atoms with Crippen LogP contribution in [-0.2, 0) is 17.9 Å². The van der Waals surface area contributed by atoms with Crippen molar-refractivity contribution in [2.75, 3.05) is 6.61 Å². The maximum absolute atomic E-state index is 12.8. The highest BCUT2D eigenvalue weighted by atomic mass is 19.1. The Kier molecular flexibility index (Phi) is 4.01. The van der Waals surface area contributed by atoms with Gasteiger partial charge in [-0.3, -0.25) is 4.57 Å². The van der Waals surface area contributed by atoms with Crippen LogP contribution in [0.1, 0.15) is 12.0 Å². The first kappa shape index (κ1) is 14.5. The van der Waals surface area contributed by atoms with Crippen molar-refractivity contribution in [1.82, 2.24) is 9.55 Å². The van der Waals surface area contributed by atoms with Gasteiger partial charge in [-0.05, 0) is 22.6 Å². The number of aryl methyl sites for hydroxylation is 1. The molecule has 0 saturated carbocycles. The molecule has 116 valence electrons. The third kappa shape index (κ3) is 3.22. The molecule has 0 fully saturated rings. The number of aromatic nitrogens is 2. The van der Waals surface area contributed by atoms with Gasteiger partial charge in [-0.2, -0.15) is 0 Å². The van der Waals surface area contributed by atoms with Gasteiger partial charge in [0.05, 0.1) is 13.2 Å². The van der Waals surface area contributed by atoms with Crippen LogP contribution in [0, 0.1) is 15.9 Å². The molecule has 7 nitrogen and oxygen atoms in total. The fourth-order valence-corrected chi connectivity index (χ4v) is 2.23. The zero-order chi connectivity index (χ0) is 15.5. The molecule has 0 unspecified atom stereocenters. The summed E-state index contributed by atoms with van der Waals surface area (Å²) in [5.41, 5.74) is 0.870. The summed E-state index contributed by atoms with van der Waals surface area (Å²) in [6.45, 7) is 1.30. The highest BCUT2D eigenvalue weighted by molar-refractivity contribution is 5.21. The third-order valence-corrected chi connectivity index (χ3v) is 3.36. The van der Waals surface area contributed by atoms with Crippen molar-refractivity contribution < 1.29 is 18.8 Å². The largest absolute Gasteiger partial charge is 0.440 e. The van der Waals surface area contributed by atoms with Gasteiger partial charge in [0.2, 0.25) is 0 Å². The molecular weight excluding hydrogens is 293 g/mol. The number of hydrogen-bond donors (Lipinski definition) is 0. The summed E-state index contributed by atoms with van der Waals surface area (Å²) in [6, 6.07) is 6.32. The SMILES string of the molecule is O=[N+]([O-])c1cn2c(n1)O[C@@H](COCc1ccc(F)cc1)CC2. The summed E-state index contributed by atoms with van der Waals surface area (Å²) in [4.78, 5) is 13.9. The molecule has 0 N–H and O–H groups in total. The van der Waals surface area contributed by atoms with Crippen molar-refractivity contribution in [2.24, 2.45) is 0 Å². The van der Waals surface area contributed by atoms with Gasteiger partial charge in [-0.1, -0.05) is 12.1 Å². The van der Waals surface area contributed by atoms with E-state index in [2.05, 4.69) is 4.98 Å². The van der Waals surface area contributed by atoms with Crippen molar-refractivity contribution in [3.8, 4) is 6.01 Å². The summed E-state index contributed by atoms with van der Waals surface area (Å²) in [5, 5.41) is 10.7. The number of fused-ring (bicyclic) bond motifs is 1.